The molecule has 0 atom stereocenters. The fourth-order valence-electron chi connectivity index (χ4n) is 2.44. The molecule has 0 radical (unpaired) electrons. The zero-order valence-corrected chi connectivity index (χ0v) is 11.5. The van der Waals surface area contributed by atoms with E-state index in [-0.39, 0.29) is 5.56 Å². The number of hydrogen-bond acceptors (Lipinski definition) is 1. The Morgan fingerprint density at radius 1 is 1.19 bits per heavy atom. The summed E-state index contributed by atoms with van der Waals surface area (Å²) in [4.78, 5) is 11.0. The van der Waals surface area contributed by atoms with E-state index < -0.39 is 11.8 Å². The molecule has 0 amide bonds. The summed E-state index contributed by atoms with van der Waals surface area (Å²) in [6.07, 6.45) is 1.89. The number of aromatic nitrogens is 1. The Bertz CT molecular complexity index is 836. The van der Waals surface area contributed by atoms with E-state index in [0.29, 0.717) is 12.1 Å². The number of carboxylic acid groups (broad SMARTS) is 1. The first-order valence-corrected chi connectivity index (χ1v) is 6.62. The number of carboxylic acids is 1. The lowest BCUT2D eigenvalue weighted by molar-refractivity contribution is 0.0696. The number of rotatable bonds is 3. The molecule has 0 aliphatic carbocycles. The Morgan fingerprint density at radius 3 is 2.76 bits per heavy atom. The zero-order chi connectivity index (χ0) is 15.0. The topological polar surface area (TPSA) is 42.2 Å². The van der Waals surface area contributed by atoms with Crippen molar-refractivity contribution in [2.75, 3.05) is 0 Å². The van der Waals surface area contributed by atoms with Gasteiger partial charge in [-0.25, -0.2) is 9.18 Å². The molecule has 4 heteroatoms. The van der Waals surface area contributed by atoms with Gasteiger partial charge in [0.2, 0.25) is 0 Å². The summed E-state index contributed by atoms with van der Waals surface area (Å²) in [7, 11) is 0. The van der Waals surface area contributed by atoms with Crippen molar-refractivity contribution in [3.8, 4) is 0 Å². The highest BCUT2D eigenvalue weighted by Crippen LogP contribution is 2.20. The maximum absolute atomic E-state index is 13.9. The summed E-state index contributed by atoms with van der Waals surface area (Å²) in [5.41, 5.74) is 2.60. The first-order valence-electron chi connectivity index (χ1n) is 6.62. The maximum Gasteiger partial charge on any atom is 0.335 e. The predicted molar refractivity (Wildman–Crippen MR) is 79.1 cm³/mol. The third-order valence-electron chi connectivity index (χ3n) is 3.56. The second kappa shape index (κ2) is 5.05. The molecule has 21 heavy (non-hydrogen) atoms. The van der Waals surface area contributed by atoms with Crippen molar-refractivity contribution in [1.82, 2.24) is 4.57 Å². The summed E-state index contributed by atoms with van der Waals surface area (Å²) in [6.45, 7) is 2.31. The van der Waals surface area contributed by atoms with Gasteiger partial charge in [0.15, 0.2) is 0 Å². The van der Waals surface area contributed by atoms with Crippen LogP contribution in [0.2, 0.25) is 0 Å². The van der Waals surface area contributed by atoms with Gasteiger partial charge < -0.3 is 9.67 Å². The molecule has 0 unspecified atom stereocenters. The highest BCUT2D eigenvalue weighted by molar-refractivity contribution is 5.87. The molecule has 0 fully saturated rings. The molecule has 1 aromatic heterocycles. The average Bonchev–Trinajstić information content (AvgIpc) is 2.83. The number of hydrogen-bond donors (Lipinski definition) is 1. The highest BCUT2D eigenvalue weighted by Gasteiger charge is 2.10. The van der Waals surface area contributed by atoms with E-state index in [2.05, 4.69) is 0 Å². The van der Waals surface area contributed by atoms with E-state index in [1.807, 2.05) is 42.0 Å². The lowest BCUT2D eigenvalue weighted by Gasteiger charge is -2.08. The van der Waals surface area contributed by atoms with Gasteiger partial charge in [-0.2, -0.15) is 0 Å². The molecular weight excluding hydrogens is 269 g/mol. The van der Waals surface area contributed by atoms with Crippen LogP contribution in [0.25, 0.3) is 10.9 Å². The van der Waals surface area contributed by atoms with Crippen molar-refractivity contribution in [1.29, 1.82) is 0 Å². The molecule has 1 heterocycles. The molecule has 106 valence electrons. The SMILES string of the molecule is Cc1ccc2ccn(Cc3cc(C(=O)O)ccc3F)c2c1. The Morgan fingerprint density at radius 2 is 2.00 bits per heavy atom. The molecule has 0 saturated carbocycles. The molecule has 2 aromatic carbocycles. The molecule has 3 rings (SSSR count). The minimum atomic E-state index is -1.05. The van der Waals surface area contributed by atoms with Gasteiger partial charge in [0.1, 0.15) is 5.82 Å². The lowest BCUT2D eigenvalue weighted by atomic mass is 10.1. The predicted octanol–water partition coefficient (Wildman–Crippen LogP) is 3.84. The second-order valence-electron chi connectivity index (χ2n) is 5.12. The monoisotopic (exact) mass is 283 g/mol. The van der Waals surface area contributed by atoms with Crippen LogP contribution in [-0.4, -0.2) is 15.6 Å². The van der Waals surface area contributed by atoms with Crippen LogP contribution in [0.5, 0.6) is 0 Å². The number of benzene rings is 2. The number of aryl methyl sites for hydroxylation is 1. The summed E-state index contributed by atoms with van der Waals surface area (Å²) in [5, 5.41) is 10.1. The van der Waals surface area contributed by atoms with Crippen LogP contribution in [0, 0.1) is 12.7 Å². The van der Waals surface area contributed by atoms with Crippen molar-refractivity contribution in [3.05, 3.63) is 71.2 Å². The summed E-state index contributed by atoms with van der Waals surface area (Å²) in [6, 6.07) is 11.9. The average molecular weight is 283 g/mol. The van der Waals surface area contributed by atoms with Gasteiger partial charge in [-0.05, 0) is 48.2 Å². The van der Waals surface area contributed by atoms with Gasteiger partial charge in [-0.1, -0.05) is 12.1 Å². The molecule has 0 spiro atoms. The van der Waals surface area contributed by atoms with E-state index in [9.17, 15) is 9.18 Å². The lowest BCUT2D eigenvalue weighted by Crippen LogP contribution is -2.04. The van der Waals surface area contributed by atoms with Crippen LogP contribution in [-0.2, 0) is 6.54 Å². The van der Waals surface area contributed by atoms with Crippen LogP contribution in [0.15, 0.2) is 48.7 Å². The van der Waals surface area contributed by atoms with Gasteiger partial charge in [-0.3, -0.25) is 0 Å². The third kappa shape index (κ3) is 2.52. The second-order valence-corrected chi connectivity index (χ2v) is 5.12. The Balaban J connectivity index is 2.04. The van der Waals surface area contributed by atoms with Crippen LogP contribution in [0.3, 0.4) is 0 Å². The molecule has 3 aromatic rings. The number of fused-ring (bicyclic) bond motifs is 1. The van der Waals surface area contributed by atoms with Crippen LogP contribution < -0.4 is 0 Å². The third-order valence-corrected chi connectivity index (χ3v) is 3.56. The first-order chi connectivity index (χ1) is 10.0. The molecule has 0 bridgehead atoms. The fraction of sp³-hybridized carbons (Fsp3) is 0.118. The van der Waals surface area contributed by atoms with E-state index in [1.54, 1.807) is 0 Å². The van der Waals surface area contributed by atoms with Gasteiger partial charge in [-0.15, -0.1) is 0 Å². The van der Waals surface area contributed by atoms with Crippen molar-refractivity contribution >= 4 is 16.9 Å². The summed E-state index contributed by atoms with van der Waals surface area (Å²) in [5.74, 6) is -1.45. The standard InChI is InChI=1S/C17H14FNO2/c1-11-2-3-12-6-7-19(16(12)8-11)10-14-9-13(17(20)21)4-5-15(14)18/h2-9H,10H2,1H3,(H,20,21). The largest absolute Gasteiger partial charge is 0.478 e. The molecule has 3 nitrogen and oxygen atoms in total. The summed E-state index contributed by atoms with van der Waals surface area (Å²) >= 11 is 0. The number of nitrogens with zero attached hydrogens (tertiary/aromatic N) is 1. The van der Waals surface area contributed by atoms with Gasteiger partial charge in [0, 0.05) is 17.3 Å². The number of halogens is 1. The molecule has 0 aliphatic heterocycles. The van der Waals surface area contributed by atoms with Crippen LogP contribution >= 0.6 is 0 Å². The normalized spacial score (nSPS) is 11.0. The number of carbonyl (C=O) groups is 1. The Labute approximate surface area is 121 Å². The van der Waals surface area contributed by atoms with E-state index >= 15 is 0 Å². The molecular formula is C17H14FNO2. The summed E-state index contributed by atoms with van der Waals surface area (Å²) < 4.78 is 15.8. The fourth-order valence-corrected chi connectivity index (χ4v) is 2.44. The smallest absolute Gasteiger partial charge is 0.335 e. The van der Waals surface area contributed by atoms with Gasteiger partial charge in [0.25, 0.3) is 0 Å². The van der Waals surface area contributed by atoms with Crippen molar-refractivity contribution in [2.45, 2.75) is 13.5 Å². The van der Waals surface area contributed by atoms with Crippen molar-refractivity contribution < 1.29 is 14.3 Å². The minimum Gasteiger partial charge on any atom is -0.478 e. The Hall–Kier alpha value is -2.62. The van der Waals surface area contributed by atoms with Gasteiger partial charge in [0.05, 0.1) is 12.1 Å². The van der Waals surface area contributed by atoms with Crippen molar-refractivity contribution in [2.24, 2.45) is 0 Å². The molecule has 0 saturated heterocycles. The van der Waals surface area contributed by atoms with Gasteiger partial charge >= 0.3 is 5.97 Å². The van der Waals surface area contributed by atoms with Crippen LogP contribution in [0.4, 0.5) is 4.39 Å². The van der Waals surface area contributed by atoms with E-state index in [0.717, 1.165) is 16.5 Å². The minimum absolute atomic E-state index is 0.0963. The molecule has 1 N–H and O–H groups in total. The molecule has 0 aliphatic rings. The Kier molecular flexibility index (Phi) is 3.22. The first kappa shape index (κ1) is 13.4. The van der Waals surface area contributed by atoms with E-state index in [4.69, 9.17) is 5.11 Å². The number of aromatic carboxylic acids is 1. The quantitative estimate of drug-likeness (QED) is 0.793. The van der Waals surface area contributed by atoms with Crippen LogP contribution in [0.1, 0.15) is 21.5 Å². The maximum atomic E-state index is 13.9. The zero-order valence-electron chi connectivity index (χ0n) is 11.5. The highest BCUT2D eigenvalue weighted by atomic mass is 19.1. The van der Waals surface area contributed by atoms with Crippen molar-refractivity contribution in [3.63, 3.8) is 0 Å². The van der Waals surface area contributed by atoms with E-state index in [1.165, 1.54) is 18.2 Å².